The minimum Gasteiger partial charge on any atom is -0.481 e. The lowest BCUT2D eigenvalue weighted by molar-refractivity contribution is -0.147. The standard InChI is InChI=1S/C18H28N6O8/c1-8(2)14(24-15(28)10(19)3-9-5-20-7-21-9)17(30)23-12(6-25)16(29)22-11(18(31)32)4-13(26)27/h5,7-8,10-12,14,25H,3-4,6,19H2,1-2H3,(H,20,21)(H,22,29)(H,23,30)(H,24,28)(H,26,27)(H,31,32). The smallest absolute Gasteiger partial charge is 0.326 e. The molecule has 1 aromatic rings. The lowest BCUT2D eigenvalue weighted by Gasteiger charge is -2.26. The van der Waals surface area contributed by atoms with E-state index in [2.05, 4.69) is 20.6 Å². The van der Waals surface area contributed by atoms with Crippen LogP contribution in [0.15, 0.2) is 12.5 Å². The van der Waals surface area contributed by atoms with Crippen LogP contribution in [0.4, 0.5) is 0 Å². The molecule has 1 heterocycles. The van der Waals surface area contributed by atoms with Crippen LogP contribution in [0.3, 0.4) is 0 Å². The second-order valence-electron chi connectivity index (χ2n) is 7.36. The summed E-state index contributed by atoms with van der Waals surface area (Å²) in [6.45, 7) is 2.37. The molecule has 0 aliphatic rings. The molecule has 4 atom stereocenters. The molecule has 1 rings (SSSR count). The molecule has 32 heavy (non-hydrogen) atoms. The number of nitrogens with zero attached hydrogens (tertiary/aromatic N) is 1. The molecule has 178 valence electrons. The highest BCUT2D eigenvalue weighted by Crippen LogP contribution is 2.05. The van der Waals surface area contributed by atoms with Crippen molar-refractivity contribution < 1.29 is 39.3 Å². The fourth-order valence-corrected chi connectivity index (χ4v) is 2.62. The van der Waals surface area contributed by atoms with E-state index in [1.165, 1.54) is 12.5 Å². The molecule has 3 amide bonds. The molecule has 0 saturated carbocycles. The number of aromatic nitrogens is 2. The zero-order valence-electron chi connectivity index (χ0n) is 17.6. The van der Waals surface area contributed by atoms with Crippen LogP contribution >= 0.6 is 0 Å². The molecule has 0 radical (unpaired) electrons. The first kappa shape index (κ1) is 26.5. The summed E-state index contributed by atoms with van der Waals surface area (Å²) >= 11 is 0. The molecule has 0 bridgehead atoms. The molecule has 4 unspecified atom stereocenters. The van der Waals surface area contributed by atoms with E-state index in [4.69, 9.17) is 15.9 Å². The number of carbonyl (C=O) groups is 5. The lowest BCUT2D eigenvalue weighted by atomic mass is 10.0. The van der Waals surface area contributed by atoms with E-state index in [0.717, 1.165) is 0 Å². The zero-order valence-corrected chi connectivity index (χ0v) is 17.6. The first-order valence-corrected chi connectivity index (χ1v) is 9.65. The number of amides is 3. The molecule has 0 saturated heterocycles. The third kappa shape index (κ3) is 8.31. The van der Waals surface area contributed by atoms with Crippen molar-refractivity contribution in [1.82, 2.24) is 25.9 Å². The Morgan fingerprint density at radius 3 is 2.12 bits per heavy atom. The molecule has 0 aliphatic heterocycles. The van der Waals surface area contributed by atoms with Crippen LogP contribution in [0.2, 0.25) is 0 Å². The van der Waals surface area contributed by atoms with E-state index in [-0.39, 0.29) is 6.42 Å². The fraction of sp³-hybridized carbons (Fsp3) is 0.556. The highest BCUT2D eigenvalue weighted by atomic mass is 16.4. The average molecular weight is 456 g/mol. The normalized spacial score (nSPS) is 14.7. The van der Waals surface area contributed by atoms with Gasteiger partial charge in [0.25, 0.3) is 0 Å². The molecule has 0 aliphatic carbocycles. The van der Waals surface area contributed by atoms with E-state index >= 15 is 0 Å². The van der Waals surface area contributed by atoms with Crippen molar-refractivity contribution in [2.45, 2.75) is 50.9 Å². The number of carboxylic acid groups (broad SMARTS) is 2. The number of nitrogens with one attached hydrogen (secondary N) is 4. The summed E-state index contributed by atoms with van der Waals surface area (Å²) in [5.74, 6) is -6.04. The third-order valence-corrected chi connectivity index (χ3v) is 4.39. The number of hydrogen-bond donors (Lipinski definition) is 8. The number of carboxylic acids is 2. The van der Waals surface area contributed by atoms with Crippen LogP contribution in [-0.2, 0) is 30.4 Å². The number of imidazole rings is 1. The second-order valence-corrected chi connectivity index (χ2v) is 7.36. The van der Waals surface area contributed by atoms with Gasteiger partial charge in [-0.15, -0.1) is 0 Å². The maximum atomic E-state index is 12.6. The minimum absolute atomic E-state index is 0.139. The number of nitrogens with two attached hydrogens (primary N) is 1. The summed E-state index contributed by atoms with van der Waals surface area (Å²) < 4.78 is 0. The Morgan fingerprint density at radius 1 is 1.03 bits per heavy atom. The largest absolute Gasteiger partial charge is 0.481 e. The zero-order chi connectivity index (χ0) is 24.4. The summed E-state index contributed by atoms with van der Waals surface area (Å²) in [6.07, 6.45) is 2.17. The van der Waals surface area contributed by atoms with Gasteiger partial charge in [0, 0.05) is 18.3 Å². The van der Waals surface area contributed by atoms with Crippen LogP contribution < -0.4 is 21.7 Å². The molecule has 0 fully saturated rings. The number of rotatable bonds is 13. The van der Waals surface area contributed by atoms with E-state index in [1.807, 2.05) is 5.32 Å². The van der Waals surface area contributed by atoms with Crippen LogP contribution in [-0.4, -0.2) is 85.7 Å². The molecule has 0 aromatic carbocycles. The van der Waals surface area contributed by atoms with E-state index in [0.29, 0.717) is 5.69 Å². The van der Waals surface area contributed by atoms with Gasteiger partial charge < -0.3 is 42.0 Å². The number of aromatic amines is 1. The van der Waals surface area contributed by atoms with Crippen molar-refractivity contribution in [3.8, 4) is 0 Å². The summed E-state index contributed by atoms with van der Waals surface area (Å²) in [4.78, 5) is 65.8. The minimum atomic E-state index is -1.76. The van der Waals surface area contributed by atoms with Crippen LogP contribution in [0.25, 0.3) is 0 Å². The summed E-state index contributed by atoms with van der Waals surface area (Å²) in [5.41, 5.74) is 6.47. The van der Waals surface area contributed by atoms with Gasteiger partial charge in [0.1, 0.15) is 18.1 Å². The Balaban J connectivity index is 2.79. The molecular formula is C18H28N6O8. The first-order chi connectivity index (χ1) is 15.0. The Morgan fingerprint density at radius 2 is 1.66 bits per heavy atom. The van der Waals surface area contributed by atoms with Gasteiger partial charge in [-0.2, -0.15) is 0 Å². The van der Waals surface area contributed by atoms with Crippen molar-refractivity contribution in [2.75, 3.05) is 6.61 Å². The topological polar surface area (TPSA) is 237 Å². The number of carbonyl (C=O) groups excluding carboxylic acids is 3. The fourth-order valence-electron chi connectivity index (χ4n) is 2.62. The average Bonchev–Trinajstić information content (AvgIpc) is 3.21. The van der Waals surface area contributed by atoms with Gasteiger partial charge in [0.15, 0.2) is 0 Å². The Hall–Kier alpha value is -3.52. The molecule has 14 nitrogen and oxygen atoms in total. The second kappa shape index (κ2) is 12.4. The van der Waals surface area contributed by atoms with Crippen LogP contribution in [0, 0.1) is 5.92 Å². The van der Waals surface area contributed by atoms with Crippen molar-refractivity contribution in [3.63, 3.8) is 0 Å². The van der Waals surface area contributed by atoms with E-state index in [1.54, 1.807) is 13.8 Å². The number of aliphatic hydroxyl groups excluding tert-OH is 1. The summed E-state index contributed by atoms with van der Waals surface area (Å²) in [5, 5.41) is 33.9. The number of aliphatic hydroxyl groups is 1. The number of H-pyrrole nitrogens is 1. The number of aliphatic carboxylic acids is 2. The predicted molar refractivity (Wildman–Crippen MR) is 108 cm³/mol. The van der Waals surface area contributed by atoms with Gasteiger partial charge >= 0.3 is 11.9 Å². The maximum Gasteiger partial charge on any atom is 0.326 e. The monoisotopic (exact) mass is 456 g/mol. The van der Waals surface area contributed by atoms with Gasteiger partial charge in [0.05, 0.1) is 25.4 Å². The van der Waals surface area contributed by atoms with Gasteiger partial charge in [-0.1, -0.05) is 13.8 Å². The van der Waals surface area contributed by atoms with Crippen molar-refractivity contribution in [3.05, 3.63) is 18.2 Å². The Kier molecular flexibility index (Phi) is 10.2. The predicted octanol–water partition coefficient (Wildman–Crippen LogP) is -3.06. The molecule has 14 heteroatoms. The van der Waals surface area contributed by atoms with Crippen LogP contribution in [0.1, 0.15) is 26.0 Å². The first-order valence-electron chi connectivity index (χ1n) is 9.65. The van der Waals surface area contributed by atoms with Crippen molar-refractivity contribution in [2.24, 2.45) is 11.7 Å². The van der Waals surface area contributed by atoms with Gasteiger partial charge in [-0.3, -0.25) is 19.2 Å². The SMILES string of the molecule is CC(C)C(NC(=O)C(N)Cc1cnc[nH]1)C(=O)NC(CO)C(=O)NC(CC(=O)O)C(=O)O. The molecular weight excluding hydrogens is 428 g/mol. The lowest BCUT2D eigenvalue weighted by Crippen LogP contribution is -2.59. The summed E-state index contributed by atoms with van der Waals surface area (Å²) in [6, 6.07) is -5.44. The molecule has 1 aromatic heterocycles. The van der Waals surface area contributed by atoms with Crippen LogP contribution in [0.5, 0.6) is 0 Å². The summed E-state index contributed by atoms with van der Waals surface area (Å²) in [7, 11) is 0. The Labute approximate surface area is 183 Å². The van der Waals surface area contributed by atoms with Gasteiger partial charge in [-0.05, 0) is 5.92 Å². The molecule has 0 spiro atoms. The Bertz CT molecular complexity index is 812. The quantitative estimate of drug-likeness (QED) is 0.149. The van der Waals surface area contributed by atoms with Gasteiger partial charge in [-0.25, -0.2) is 9.78 Å². The van der Waals surface area contributed by atoms with Crippen molar-refractivity contribution >= 4 is 29.7 Å². The highest BCUT2D eigenvalue weighted by Gasteiger charge is 2.32. The maximum absolute atomic E-state index is 12.6. The van der Waals surface area contributed by atoms with Crippen molar-refractivity contribution in [1.29, 1.82) is 0 Å². The van der Waals surface area contributed by atoms with E-state index in [9.17, 15) is 29.1 Å². The number of hydrogen-bond acceptors (Lipinski definition) is 8. The molecule has 9 N–H and O–H groups in total. The third-order valence-electron chi connectivity index (χ3n) is 4.39. The highest BCUT2D eigenvalue weighted by molar-refractivity contribution is 5.94. The van der Waals surface area contributed by atoms with E-state index < -0.39 is 72.8 Å². The van der Waals surface area contributed by atoms with Gasteiger partial charge in [0.2, 0.25) is 17.7 Å².